The van der Waals surface area contributed by atoms with Crippen LogP contribution in [0.4, 0.5) is 0 Å². The summed E-state index contributed by atoms with van der Waals surface area (Å²) in [5, 5.41) is 3.14. The first kappa shape index (κ1) is 9.17. The molecule has 1 aliphatic rings. The van der Waals surface area contributed by atoms with E-state index in [4.69, 9.17) is 4.74 Å². The summed E-state index contributed by atoms with van der Waals surface area (Å²) in [6, 6.07) is 1.27. The molecule has 0 aliphatic carbocycles. The molecule has 1 unspecified atom stereocenters. The summed E-state index contributed by atoms with van der Waals surface area (Å²) in [6.45, 7) is 1.85. The van der Waals surface area contributed by atoms with Crippen molar-refractivity contribution in [2.24, 2.45) is 0 Å². The molecule has 76 valence electrons. The lowest BCUT2D eigenvalue weighted by atomic mass is 10.2. The zero-order valence-corrected chi connectivity index (χ0v) is 7.50. The van der Waals surface area contributed by atoms with E-state index in [1.165, 1.54) is 6.07 Å². The van der Waals surface area contributed by atoms with Gasteiger partial charge in [-0.15, -0.1) is 0 Å². The van der Waals surface area contributed by atoms with Crippen LogP contribution in [-0.2, 0) is 4.74 Å². The lowest BCUT2D eigenvalue weighted by Gasteiger charge is -2.23. The van der Waals surface area contributed by atoms with Crippen molar-refractivity contribution in [1.82, 2.24) is 15.3 Å². The topological polar surface area (TPSA) is 87.0 Å². The van der Waals surface area contributed by atoms with Crippen LogP contribution in [0.25, 0.3) is 0 Å². The second-order valence-electron chi connectivity index (χ2n) is 3.12. The molecule has 0 bridgehead atoms. The minimum absolute atomic E-state index is 0.0984. The summed E-state index contributed by atoms with van der Waals surface area (Å²) < 4.78 is 5.22. The number of ether oxygens (including phenoxy) is 1. The highest BCUT2D eigenvalue weighted by Gasteiger charge is 2.16. The zero-order valence-electron chi connectivity index (χ0n) is 7.50. The normalized spacial score (nSPS) is 22.1. The van der Waals surface area contributed by atoms with E-state index < -0.39 is 11.2 Å². The molecule has 1 atom stereocenters. The van der Waals surface area contributed by atoms with Crippen LogP contribution < -0.4 is 16.6 Å². The van der Waals surface area contributed by atoms with Gasteiger partial charge < -0.3 is 15.0 Å². The Morgan fingerprint density at radius 3 is 2.86 bits per heavy atom. The van der Waals surface area contributed by atoms with Gasteiger partial charge in [-0.2, -0.15) is 0 Å². The van der Waals surface area contributed by atoms with E-state index in [2.05, 4.69) is 15.3 Å². The van der Waals surface area contributed by atoms with Crippen LogP contribution in [0.5, 0.6) is 0 Å². The van der Waals surface area contributed by atoms with Crippen LogP contribution in [0.3, 0.4) is 0 Å². The molecule has 0 amide bonds. The van der Waals surface area contributed by atoms with Gasteiger partial charge in [0.15, 0.2) is 0 Å². The highest BCUT2D eigenvalue weighted by molar-refractivity contribution is 5.05. The number of hydrogen-bond donors (Lipinski definition) is 3. The van der Waals surface area contributed by atoms with Crippen LogP contribution in [0.15, 0.2) is 15.7 Å². The first-order valence-electron chi connectivity index (χ1n) is 4.40. The molecule has 0 aromatic carbocycles. The Labute approximate surface area is 79.3 Å². The molecule has 1 fully saturated rings. The average molecular weight is 197 g/mol. The average Bonchev–Trinajstić information content (AvgIpc) is 2.18. The van der Waals surface area contributed by atoms with E-state index in [0.29, 0.717) is 18.9 Å². The van der Waals surface area contributed by atoms with Gasteiger partial charge in [0, 0.05) is 18.3 Å². The Hall–Kier alpha value is -1.40. The van der Waals surface area contributed by atoms with Crippen molar-refractivity contribution in [2.45, 2.75) is 6.04 Å². The summed E-state index contributed by atoms with van der Waals surface area (Å²) in [5.74, 6) is 0. The number of H-pyrrole nitrogens is 2. The number of morpholine rings is 1. The SMILES string of the molecule is O=c1cc(C2COCCN2)[nH]c(=O)[nH]1. The Morgan fingerprint density at radius 2 is 2.21 bits per heavy atom. The third-order valence-electron chi connectivity index (χ3n) is 2.08. The highest BCUT2D eigenvalue weighted by Crippen LogP contribution is 2.09. The number of rotatable bonds is 1. The number of hydrogen-bond acceptors (Lipinski definition) is 4. The predicted octanol–water partition coefficient (Wildman–Crippen LogP) is -1.28. The summed E-state index contributed by atoms with van der Waals surface area (Å²) in [7, 11) is 0. The zero-order chi connectivity index (χ0) is 9.97. The summed E-state index contributed by atoms with van der Waals surface area (Å²) in [5.41, 5.74) is -0.311. The minimum Gasteiger partial charge on any atom is -0.378 e. The molecule has 1 saturated heterocycles. The lowest BCUT2D eigenvalue weighted by molar-refractivity contribution is 0.0754. The monoisotopic (exact) mass is 197 g/mol. The fourth-order valence-corrected chi connectivity index (χ4v) is 1.44. The van der Waals surface area contributed by atoms with Crippen LogP contribution in [0, 0.1) is 0 Å². The quantitative estimate of drug-likeness (QED) is 0.523. The van der Waals surface area contributed by atoms with Crippen molar-refractivity contribution < 1.29 is 4.74 Å². The van der Waals surface area contributed by atoms with Gasteiger partial charge in [-0.1, -0.05) is 0 Å². The van der Waals surface area contributed by atoms with Gasteiger partial charge in [-0.05, 0) is 0 Å². The van der Waals surface area contributed by atoms with E-state index >= 15 is 0 Å². The van der Waals surface area contributed by atoms with Gasteiger partial charge in [0.25, 0.3) is 5.56 Å². The smallest absolute Gasteiger partial charge is 0.325 e. The molecule has 2 rings (SSSR count). The Balaban J connectivity index is 2.30. The van der Waals surface area contributed by atoms with Crippen LogP contribution >= 0.6 is 0 Å². The van der Waals surface area contributed by atoms with Crippen LogP contribution in [0.1, 0.15) is 11.7 Å². The number of aromatic nitrogens is 2. The maximum atomic E-state index is 11.0. The van der Waals surface area contributed by atoms with E-state index in [1.54, 1.807) is 0 Å². The van der Waals surface area contributed by atoms with E-state index in [1.807, 2.05) is 0 Å². The molecular weight excluding hydrogens is 186 g/mol. The largest absolute Gasteiger partial charge is 0.378 e. The molecule has 1 aromatic heterocycles. The fourth-order valence-electron chi connectivity index (χ4n) is 1.44. The van der Waals surface area contributed by atoms with E-state index in [-0.39, 0.29) is 6.04 Å². The standard InChI is InChI=1S/C8H11N3O3/c12-7-3-5(10-8(13)11-7)6-4-14-2-1-9-6/h3,6,9H,1-2,4H2,(H2,10,11,12,13). The maximum Gasteiger partial charge on any atom is 0.325 e. The van der Waals surface area contributed by atoms with E-state index in [0.717, 1.165) is 6.54 Å². The molecule has 6 nitrogen and oxygen atoms in total. The molecule has 0 radical (unpaired) electrons. The third kappa shape index (κ3) is 1.91. The van der Waals surface area contributed by atoms with Gasteiger partial charge in [-0.25, -0.2) is 4.79 Å². The molecule has 2 heterocycles. The summed E-state index contributed by atoms with van der Waals surface area (Å²) in [4.78, 5) is 26.7. The number of aromatic amines is 2. The molecule has 3 N–H and O–H groups in total. The van der Waals surface area contributed by atoms with Crippen molar-refractivity contribution in [3.63, 3.8) is 0 Å². The van der Waals surface area contributed by atoms with Crippen molar-refractivity contribution in [3.8, 4) is 0 Å². The Bertz CT molecular complexity index is 388. The van der Waals surface area contributed by atoms with Crippen LogP contribution in [0.2, 0.25) is 0 Å². The molecule has 0 spiro atoms. The Morgan fingerprint density at radius 1 is 1.36 bits per heavy atom. The van der Waals surface area contributed by atoms with Gasteiger partial charge >= 0.3 is 5.69 Å². The minimum atomic E-state index is -0.486. The molecule has 0 saturated carbocycles. The molecular formula is C8H11N3O3. The highest BCUT2D eigenvalue weighted by atomic mass is 16.5. The van der Waals surface area contributed by atoms with Gasteiger partial charge in [0.05, 0.1) is 19.3 Å². The second kappa shape index (κ2) is 3.77. The van der Waals surface area contributed by atoms with Gasteiger partial charge in [-0.3, -0.25) is 9.78 Å². The molecule has 14 heavy (non-hydrogen) atoms. The van der Waals surface area contributed by atoms with Crippen molar-refractivity contribution in [3.05, 3.63) is 32.6 Å². The van der Waals surface area contributed by atoms with Crippen molar-refractivity contribution in [2.75, 3.05) is 19.8 Å². The lowest BCUT2D eigenvalue weighted by Crippen LogP contribution is -2.37. The van der Waals surface area contributed by atoms with Gasteiger partial charge in [0.2, 0.25) is 0 Å². The summed E-state index contributed by atoms with van der Waals surface area (Å²) in [6.07, 6.45) is 0. The van der Waals surface area contributed by atoms with E-state index in [9.17, 15) is 9.59 Å². The molecule has 6 heteroatoms. The van der Waals surface area contributed by atoms with Crippen molar-refractivity contribution >= 4 is 0 Å². The first-order valence-corrected chi connectivity index (χ1v) is 4.40. The Kier molecular flexibility index (Phi) is 2.47. The van der Waals surface area contributed by atoms with Crippen LogP contribution in [-0.4, -0.2) is 29.7 Å². The predicted molar refractivity (Wildman–Crippen MR) is 49.2 cm³/mol. The third-order valence-corrected chi connectivity index (χ3v) is 2.08. The first-order chi connectivity index (χ1) is 6.75. The number of nitrogens with one attached hydrogen (secondary N) is 3. The molecule has 1 aliphatic heterocycles. The fraction of sp³-hybridized carbons (Fsp3) is 0.500. The maximum absolute atomic E-state index is 11.0. The van der Waals surface area contributed by atoms with Crippen molar-refractivity contribution in [1.29, 1.82) is 0 Å². The molecule has 1 aromatic rings. The van der Waals surface area contributed by atoms with Gasteiger partial charge in [0.1, 0.15) is 0 Å². The second-order valence-corrected chi connectivity index (χ2v) is 3.12. The summed E-state index contributed by atoms with van der Waals surface area (Å²) >= 11 is 0.